The molecule has 2 aromatic rings. The van der Waals surface area contributed by atoms with Gasteiger partial charge in [0.2, 0.25) is 0 Å². The van der Waals surface area contributed by atoms with Crippen LogP contribution in [0, 0.1) is 0 Å². The van der Waals surface area contributed by atoms with E-state index >= 15 is 0 Å². The number of fused-ring (bicyclic) bond motifs is 1. The van der Waals surface area contributed by atoms with E-state index in [2.05, 4.69) is 39.7 Å². The number of thiazole rings is 1. The molecule has 1 aliphatic rings. The molecular weight excluding hydrogens is 320 g/mol. The lowest BCUT2D eigenvalue weighted by Gasteiger charge is -2.19. The van der Waals surface area contributed by atoms with Crippen molar-refractivity contribution in [1.29, 1.82) is 0 Å². The Balaban J connectivity index is 1.37. The molecule has 3 rings (SSSR count). The van der Waals surface area contributed by atoms with Gasteiger partial charge < -0.3 is 10.2 Å². The van der Waals surface area contributed by atoms with E-state index in [9.17, 15) is 4.79 Å². The van der Waals surface area contributed by atoms with Gasteiger partial charge in [-0.2, -0.15) is 0 Å². The lowest BCUT2D eigenvalue weighted by atomic mass is 10.0. The second-order valence-corrected chi connectivity index (χ2v) is 7.17. The van der Waals surface area contributed by atoms with Crippen molar-refractivity contribution in [1.82, 2.24) is 10.3 Å². The van der Waals surface area contributed by atoms with Gasteiger partial charge in [-0.1, -0.05) is 18.2 Å². The van der Waals surface area contributed by atoms with Crippen LogP contribution in [-0.2, 0) is 12.8 Å². The Morgan fingerprint density at radius 2 is 2.04 bits per heavy atom. The largest absolute Gasteiger partial charge is 0.375 e. The van der Waals surface area contributed by atoms with E-state index < -0.39 is 0 Å². The van der Waals surface area contributed by atoms with Gasteiger partial charge in [-0.05, 0) is 44.2 Å². The number of hydrogen-bond acceptors (Lipinski definition) is 4. The second kappa shape index (κ2) is 8.15. The zero-order valence-corrected chi connectivity index (χ0v) is 14.9. The quantitative estimate of drug-likeness (QED) is 0.786. The molecule has 0 bridgehead atoms. The summed E-state index contributed by atoms with van der Waals surface area (Å²) in [5.41, 5.74) is 2.36. The Hall–Kier alpha value is -2.08. The Bertz CT molecular complexity index is 647. The molecule has 128 valence electrons. The summed E-state index contributed by atoms with van der Waals surface area (Å²) in [4.78, 5) is 20.0. The minimum atomic E-state index is -0.163. The standard InChI is InChI=1S/C18H24N4OS/c1-22(14-8-3-2-4-9-14)13-7-12-19-17(23)21-18-20-15-10-5-6-11-16(15)24-18/h2-4,8-9H,5-7,10-13H2,1H3,(H2,19,20,21,23). The van der Waals surface area contributed by atoms with Crippen LogP contribution in [0.15, 0.2) is 30.3 Å². The third-order valence-electron chi connectivity index (χ3n) is 4.22. The lowest BCUT2D eigenvalue weighted by Crippen LogP contribution is -2.31. The first-order chi connectivity index (χ1) is 11.7. The maximum atomic E-state index is 12.0. The number of amides is 2. The number of para-hydroxylation sites is 1. The average molecular weight is 344 g/mol. The predicted molar refractivity (Wildman–Crippen MR) is 100 cm³/mol. The number of carbonyl (C=O) groups excluding carboxylic acids is 1. The number of aromatic nitrogens is 1. The van der Waals surface area contributed by atoms with Crippen molar-refractivity contribution in [3.05, 3.63) is 40.9 Å². The first-order valence-corrected chi connectivity index (χ1v) is 9.33. The molecule has 0 saturated heterocycles. The molecule has 2 amide bonds. The van der Waals surface area contributed by atoms with Crippen LogP contribution in [0.25, 0.3) is 0 Å². The summed E-state index contributed by atoms with van der Waals surface area (Å²) < 4.78 is 0. The van der Waals surface area contributed by atoms with E-state index in [1.165, 1.54) is 29.1 Å². The van der Waals surface area contributed by atoms with E-state index in [0.717, 1.165) is 30.9 Å². The van der Waals surface area contributed by atoms with Crippen LogP contribution in [0.2, 0.25) is 0 Å². The van der Waals surface area contributed by atoms with Gasteiger partial charge in [0.25, 0.3) is 0 Å². The summed E-state index contributed by atoms with van der Waals surface area (Å²) in [7, 11) is 2.06. The van der Waals surface area contributed by atoms with Crippen molar-refractivity contribution in [3.8, 4) is 0 Å². The number of hydrogen-bond donors (Lipinski definition) is 2. The number of rotatable bonds is 6. The van der Waals surface area contributed by atoms with E-state index in [1.807, 2.05) is 18.2 Å². The average Bonchev–Trinajstić information content (AvgIpc) is 3.01. The predicted octanol–water partition coefficient (Wildman–Crippen LogP) is 3.67. The minimum Gasteiger partial charge on any atom is -0.375 e. The highest BCUT2D eigenvalue weighted by Crippen LogP contribution is 2.29. The van der Waals surface area contributed by atoms with Gasteiger partial charge in [-0.3, -0.25) is 5.32 Å². The monoisotopic (exact) mass is 344 g/mol. The van der Waals surface area contributed by atoms with Crippen LogP contribution in [0.4, 0.5) is 15.6 Å². The molecular formula is C18H24N4OS. The van der Waals surface area contributed by atoms with Gasteiger partial charge in [0.15, 0.2) is 5.13 Å². The molecule has 0 atom stereocenters. The molecule has 0 aliphatic heterocycles. The number of urea groups is 1. The first kappa shape index (κ1) is 16.8. The maximum Gasteiger partial charge on any atom is 0.321 e. The summed E-state index contributed by atoms with van der Waals surface area (Å²) in [6.45, 7) is 1.55. The van der Waals surface area contributed by atoms with Crippen LogP contribution in [-0.4, -0.2) is 31.2 Å². The van der Waals surface area contributed by atoms with Gasteiger partial charge in [0.1, 0.15) is 0 Å². The molecule has 1 heterocycles. The van der Waals surface area contributed by atoms with Gasteiger partial charge in [-0.25, -0.2) is 9.78 Å². The van der Waals surface area contributed by atoms with Crippen LogP contribution >= 0.6 is 11.3 Å². The fourth-order valence-corrected chi connectivity index (χ4v) is 3.92. The van der Waals surface area contributed by atoms with Crippen molar-refractivity contribution in [3.63, 3.8) is 0 Å². The molecule has 24 heavy (non-hydrogen) atoms. The molecule has 0 spiro atoms. The van der Waals surface area contributed by atoms with Gasteiger partial charge in [0, 0.05) is 30.7 Å². The summed E-state index contributed by atoms with van der Waals surface area (Å²) in [5.74, 6) is 0. The molecule has 1 aliphatic carbocycles. The fourth-order valence-electron chi connectivity index (χ4n) is 2.88. The number of nitrogens with zero attached hydrogens (tertiary/aromatic N) is 2. The molecule has 1 aromatic carbocycles. The lowest BCUT2D eigenvalue weighted by molar-refractivity contribution is 0.252. The highest BCUT2D eigenvalue weighted by atomic mass is 32.1. The summed E-state index contributed by atoms with van der Waals surface area (Å²) >= 11 is 1.61. The second-order valence-electron chi connectivity index (χ2n) is 6.09. The third kappa shape index (κ3) is 4.47. The molecule has 0 radical (unpaired) electrons. The molecule has 0 saturated carbocycles. The van der Waals surface area contributed by atoms with Crippen molar-refractivity contribution >= 4 is 28.2 Å². The molecule has 6 heteroatoms. The SMILES string of the molecule is CN(CCCNC(=O)Nc1nc2c(s1)CCCC2)c1ccccc1. The van der Waals surface area contributed by atoms with Crippen molar-refractivity contribution in [2.45, 2.75) is 32.1 Å². The van der Waals surface area contributed by atoms with E-state index in [-0.39, 0.29) is 6.03 Å². The number of aryl methyl sites for hydroxylation is 2. The fraction of sp³-hybridized carbons (Fsp3) is 0.444. The van der Waals surface area contributed by atoms with Crippen LogP contribution in [0.1, 0.15) is 29.8 Å². The number of benzene rings is 1. The van der Waals surface area contributed by atoms with E-state index in [1.54, 1.807) is 11.3 Å². The normalized spacial score (nSPS) is 13.2. The summed E-state index contributed by atoms with van der Waals surface area (Å²) in [6, 6.07) is 10.1. The van der Waals surface area contributed by atoms with Gasteiger partial charge in [0.05, 0.1) is 5.69 Å². The van der Waals surface area contributed by atoms with Crippen LogP contribution in [0.3, 0.4) is 0 Å². The van der Waals surface area contributed by atoms with Gasteiger partial charge in [-0.15, -0.1) is 11.3 Å². The molecule has 0 fully saturated rings. The van der Waals surface area contributed by atoms with Crippen molar-refractivity contribution < 1.29 is 4.79 Å². The zero-order valence-electron chi connectivity index (χ0n) is 14.0. The Morgan fingerprint density at radius 3 is 2.83 bits per heavy atom. The maximum absolute atomic E-state index is 12.0. The summed E-state index contributed by atoms with van der Waals surface area (Å²) in [6.07, 6.45) is 5.48. The summed E-state index contributed by atoms with van der Waals surface area (Å²) in [5, 5.41) is 6.49. The third-order valence-corrected chi connectivity index (χ3v) is 5.29. The minimum absolute atomic E-state index is 0.163. The van der Waals surface area contributed by atoms with Crippen molar-refractivity contribution in [2.24, 2.45) is 0 Å². The van der Waals surface area contributed by atoms with E-state index in [4.69, 9.17) is 0 Å². The van der Waals surface area contributed by atoms with E-state index in [0.29, 0.717) is 6.54 Å². The zero-order chi connectivity index (χ0) is 16.8. The number of carbonyl (C=O) groups is 1. The Kier molecular flexibility index (Phi) is 5.69. The molecule has 2 N–H and O–H groups in total. The number of nitrogens with one attached hydrogen (secondary N) is 2. The first-order valence-electron chi connectivity index (χ1n) is 8.52. The van der Waals surface area contributed by atoms with Crippen LogP contribution < -0.4 is 15.5 Å². The Labute approximate surface area is 147 Å². The molecule has 0 unspecified atom stereocenters. The highest BCUT2D eigenvalue weighted by molar-refractivity contribution is 7.15. The molecule has 5 nitrogen and oxygen atoms in total. The topological polar surface area (TPSA) is 57.3 Å². The van der Waals surface area contributed by atoms with Crippen molar-refractivity contribution in [2.75, 3.05) is 30.4 Å². The Morgan fingerprint density at radius 1 is 1.25 bits per heavy atom. The van der Waals surface area contributed by atoms with Crippen LogP contribution in [0.5, 0.6) is 0 Å². The highest BCUT2D eigenvalue weighted by Gasteiger charge is 2.16. The molecule has 1 aromatic heterocycles. The number of anilines is 2. The van der Waals surface area contributed by atoms with Gasteiger partial charge >= 0.3 is 6.03 Å². The smallest absolute Gasteiger partial charge is 0.321 e.